The number of amides is 1. The molecule has 1 N–H and O–H groups in total. The summed E-state index contributed by atoms with van der Waals surface area (Å²) >= 11 is 2.19. The van der Waals surface area contributed by atoms with E-state index >= 15 is 0 Å². The highest BCUT2D eigenvalue weighted by molar-refractivity contribution is 14.1. The van der Waals surface area contributed by atoms with Crippen molar-refractivity contribution >= 4 is 40.0 Å². The summed E-state index contributed by atoms with van der Waals surface area (Å²) in [5.41, 5.74) is 1.17. The predicted octanol–water partition coefficient (Wildman–Crippen LogP) is 4.51. The topological polar surface area (TPSA) is 80.0 Å². The van der Waals surface area contributed by atoms with E-state index in [2.05, 4.69) is 22.6 Å². The Balaban J connectivity index is 1.86. The molecular weight excluding hydrogens is 497 g/mol. The molecule has 7 heteroatoms. The van der Waals surface area contributed by atoms with Gasteiger partial charge in [-0.25, -0.2) is 0 Å². The van der Waals surface area contributed by atoms with Crippen molar-refractivity contribution in [2.45, 2.75) is 12.6 Å². The van der Waals surface area contributed by atoms with E-state index < -0.39 is 17.7 Å². The van der Waals surface area contributed by atoms with Crippen LogP contribution in [-0.4, -0.2) is 28.8 Å². The summed E-state index contributed by atoms with van der Waals surface area (Å²) in [4.78, 5) is 27.3. The molecule has 1 saturated heterocycles. The van der Waals surface area contributed by atoms with E-state index in [0.717, 1.165) is 9.13 Å². The lowest BCUT2D eigenvalue weighted by Crippen LogP contribution is -2.29. The minimum atomic E-state index is -0.738. The van der Waals surface area contributed by atoms with Gasteiger partial charge in [0.1, 0.15) is 17.3 Å². The van der Waals surface area contributed by atoms with Gasteiger partial charge in [-0.15, -0.1) is 0 Å². The average molecular weight is 515 g/mol. The molecule has 2 aromatic carbocycles. The molecule has 1 atom stereocenters. The maximum atomic E-state index is 13.0. The first-order chi connectivity index (χ1) is 14.5. The molecule has 1 aromatic heterocycles. The summed E-state index contributed by atoms with van der Waals surface area (Å²) in [5.74, 6) is -0.564. The number of aliphatic hydroxyl groups is 1. The second kappa shape index (κ2) is 8.35. The number of methoxy groups -OCH3 is 1. The zero-order valence-corrected chi connectivity index (χ0v) is 18.2. The molecule has 152 valence electrons. The zero-order valence-electron chi connectivity index (χ0n) is 16.0. The van der Waals surface area contributed by atoms with Crippen molar-refractivity contribution in [3.8, 4) is 5.75 Å². The Morgan fingerprint density at radius 2 is 1.90 bits per heavy atom. The Labute approximate surface area is 186 Å². The lowest BCUT2D eigenvalue weighted by atomic mass is 9.95. The Morgan fingerprint density at radius 3 is 2.57 bits per heavy atom. The number of Topliss-reactive ketones (excluding diaryl/α,β-unsaturated/α-hetero) is 1. The number of likely N-dealkylation sites (tertiary alicyclic amines) is 1. The van der Waals surface area contributed by atoms with Crippen LogP contribution in [0.15, 0.2) is 76.9 Å². The molecule has 6 nitrogen and oxygen atoms in total. The van der Waals surface area contributed by atoms with E-state index in [1.165, 1.54) is 18.3 Å². The first-order valence-corrected chi connectivity index (χ1v) is 10.3. The number of aliphatic hydroxyl groups excluding tert-OH is 1. The molecule has 1 fully saturated rings. The highest BCUT2D eigenvalue weighted by Crippen LogP contribution is 2.40. The number of ketones is 1. The summed E-state index contributed by atoms with van der Waals surface area (Å²) < 4.78 is 11.6. The third-order valence-corrected chi connectivity index (χ3v) is 5.69. The molecule has 0 saturated carbocycles. The van der Waals surface area contributed by atoms with Crippen molar-refractivity contribution < 1.29 is 23.8 Å². The molecule has 1 aliphatic heterocycles. The van der Waals surface area contributed by atoms with E-state index in [9.17, 15) is 14.7 Å². The van der Waals surface area contributed by atoms with Gasteiger partial charge in [0.25, 0.3) is 11.7 Å². The number of hydrogen-bond acceptors (Lipinski definition) is 5. The van der Waals surface area contributed by atoms with Gasteiger partial charge in [0, 0.05) is 9.13 Å². The highest BCUT2D eigenvalue weighted by Gasteiger charge is 2.46. The predicted molar refractivity (Wildman–Crippen MR) is 119 cm³/mol. The van der Waals surface area contributed by atoms with E-state index in [1.54, 1.807) is 36.4 Å². The van der Waals surface area contributed by atoms with E-state index in [4.69, 9.17) is 9.15 Å². The van der Waals surface area contributed by atoms with Gasteiger partial charge >= 0.3 is 0 Å². The summed E-state index contributed by atoms with van der Waals surface area (Å²) in [6, 6.07) is 17.0. The molecule has 3 aromatic rings. The smallest absolute Gasteiger partial charge is 0.296 e. The second-order valence-electron chi connectivity index (χ2n) is 6.79. The fourth-order valence-electron chi connectivity index (χ4n) is 3.53. The van der Waals surface area contributed by atoms with Gasteiger partial charge < -0.3 is 19.2 Å². The monoisotopic (exact) mass is 515 g/mol. The number of hydrogen-bond donors (Lipinski definition) is 1. The van der Waals surface area contributed by atoms with Crippen molar-refractivity contribution in [3.63, 3.8) is 0 Å². The highest BCUT2D eigenvalue weighted by atomic mass is 127. The molecule has 0 aliphatic carbocycles. The van der Waals surface area contributed by atoms with Gasteiger partial charge in [-0.1, -0.05) is 24.3 Å². The summed E-state index contributed by atoms with van der Waals surface area (Å²) in [6.07, 6.45) is 1.52. The van der Waals surface area contributed by atoms with Gasteiger partial charge in [0.15, 0.2) is 0 Å². The Kier molecular flexibility index (Phi) is 5.63. The van der Waals surface area contributed by atoms with Gasteiger partial charge in [-0.2, -0.15) is 0 Å². The molecule has 0 radical (unpaired) electrons. The molecule has 0 bridgehead atoms. The van der Waals surface area contributed by atoms with Crippen LogP contribution in [0.2, 0.25) is 0 Å². The van der Waals surface area contributed by atoms with Crippen LogP contribution in [0.1, 0.15) is 22.9 Å². The molecule has 2 heterocycles. The number of ether oxygens (including phenoxy) is 1. The lowest BCUT2D eigenvalue weighted by molar-refractivity contribution is -0.140. The van der Waals surface area contributed by atoms with E-state index in [-0.39, 0.29) is 17.9 Å². The Hall–Kier alpha value is -3.07. The van der Waals surface area contributed by atoms with Gasteiger partial charge in [0.05, 0.1) is 31.5 Å². The quantitative estimate of drug-likeness (QED) is 0.234. The van der Waals surface area contributed by atoms with Crippen LogP contribution >= 0.6 is 22.6 Å². The third-order valence-electron chi connectivity index (χ3n) is 4.98. The number of halogens is 1. The molecule has 1 aliphatic rings. The van der Waals surface area contributed by atoms with Gasteiger partial charge in [0.2, 0.25) is 0 Å². The van der Waals surface area contributed by atoms with E-state index in [1.807, 2.05) is 24.3 Å². The minimum absolute atomic E-state index is 0.0426. The second-order valence-corrected chi connectivity index (χ2v) is 8.04. The normalized spacial score (nSPS) is 18.1. The van der Waals surface area contributed by atoms with Gasteiger partial charge in [-0.05, 0) is 64.6 Å². The molecule has 4 rings (SSSR count). The van der Waals surface area contributed by atoms with Crippen molar-refractivity contribution in [3.05, 3.63) is 93.0 Å². The zero-order chi connectivity index (χ0) is 21.3. The maximum Gasteiger partial charge on any atom is 0.296 e. The number of nitrogens with zero attached hydrogens (tertiary/aromatic N) is 1. The Bertz CT molecular complexity index is 1120. The summed E-state index contributed by atoms with van der Waals surface area (Å²) in [5, 5.41) is 11.1. The van der Waals surface area contributed by atoms with Gasteiger partial charge in [-0.3, -0.25) is 9.59 Å². The van der Waals surface area contributed by atoms with Crippen LogP contribution < -0.4 is 4.74 Å². The SMILES string of the molecule is COc1cccc(C(O)=C2C(=O)C(=O)N(Cc3ccco3)C2c2ccc(I)cc2)c1. The maximum absolute atomic E-state index is 13.0. The standard InChI is InChI=1S/C23H18INO5/c1-29-17-5-2-4-15(12-17)21(26)19-20(14-7-9-16(24)10-8-14)25(23(28)22(19)27)13-18-6-3-11-30-18/h2-12,20,26H,13H2,1H3. The lowest BCUT2D eigenvalue weighted by Gasteiger charge is -2.24. The first kappa shape index (κ1) is 20.2. The number of rotatable bonds is 5. The minimum Gasteiger partial charge on any atom is -0.507 e. The van der Waals surface area contributed by atoms with Crippen molar-refractivity contribution in [1.29, 1.82) is 0 Å². The number of furan rings is 1. The van der Waals surface area contributed by atoms with Crippen LogP contribution in [0.25, 0.3) is 5.76 Å². The summed E-state index contributed by atoms with van der Waals surface area (Å²) in [6.45, 7) is 0.114. The van der Waals surface area contributed by atoms with Crippen LogP contribution in [0.4, 0.5) is 0 Å². The molecule has 30 heavy (non-hydrogen) atoms. The van der Waals surface area contributed by atoms with Crippen LogP contribution in [-0.2, 0) is 16.1 Å². The molecule has 1 unspecified atom stereocenters. The average Bonchev–Trinajstić information content (AvgIpc) is 3.36. The fraction of sp³-hybridized carbons (Fsp3) is 0.130. The summed E-state index contributed by atoms with van der Waals surface area (Å²) in [7, 11) is 1.52. The fourth-order valence-corrected chi connectivity index (χ4v) is 3.89. The van der Waals surface area contributed by atoms with Crippen LogP contribution in [0.3, 0.4) is 0 Å². The molecular formula is C23H18INO5. The van der Waals surface area contributed by atoms with Crippen LogP contribution in [0, 0.1) is 3.57 Å². The number of benzene rings is 2. The van der Waals surface area contributed by atoms with E-state index in [0.29, 0.717) is 17.1 Å². The van der Waals surface area contributed by atoms with Crippen molar-refractivity contribution in [1.82, 2.24) is 4.90 Å². The van der Waals surface area contributed by atoms with Crippen LogP contribution in [0.5, 0.6) is 5.75 Å². The third kappa shape index (κ3) is 3.72. The number of carbonyl (C=O) groups excluding carboxylic acids is 2. The molecule has 1 amide bonds. The van der Waals surface area contributed by atoms with Crippen molar-refractivity contribution in [2.75, 3.05) is 7.11 Å². The van der Waals surface area contributed by atoms with Crippen molar-refractivity contribution in [2.24, 2.45) is 0 Å². The largest absolute Gasteiger partial charge is 0.507 e. The number of carbonyl (C=O) groups is 2. The Morgan fingerprint density at radius 1 is 1.13 bits per heavy atom. The first-order valence-electron chi connectivity index (χ1n) is 9.20. The molecule has 0 spiro atoms.